The van der Waals surface area contributed by atoms with Crippen molar-refractivity contribution in [3.8, 4) is 27.9 Å². The minimum absolute atomic E-state index is 0.143. The van der Waals surface area contributed by atoms with Gasteiger partial charge in [-0.1, -0.05) is 152 Å². The minimum Gasteiger partial charge on any atom is -0.457 e. The highest BCUT2D eigenvalue weighted by Gasteiger charge is 2.21. The van der Waals surface area contributed by atoms with Gasteiger partial charge in [0.15, 0.2) is 0 Å². The Labute approximate surface area is 367 Å². The highest BCUT2D eigenvalue weighted by atomic mass is 32.1. The summed E-state index contributed by atoms with van der Waals surface area (Å²) in [4.78, 5) is 0. The Morgan fingerprint density at radius 3 is 2.10 bits per heavy atom. The maximum atomic E-state index is 5.92. The third kappa shape index (κ3) is 5.58. The van der Waals surface area contributed by atoms with Crippen LogP contribution in [0, 0.1) is 5.92 Å². The Hall–Kier alpha value is -7.92. The summed E-state index contributed by atoms with van der Waals surface area (Å²) < 4.78 is 13.5. The first-order valence-electron chi connectivity index (χ1n) is 21.5. The third-order valence-corrected chi connectivity index (χ3v) is 14.0. The lowest BCUT2D eigenvalue weighted by Crippen LogP contribution is -2.17. The summed E-state index contributed by atoms with van der Waals surface area (Å²) in [7, 11) is 0. The topological polar surface area (TPSA) is 23.0 Å². The van der Waals surface area contributed by atoms with Crippen molar-refractivity contribution in [1.29, 1.82) is 0 Å². The van der Waals surface area contributed by atoms with Crippen LogP contribution in [0.5, 0.6) is 0 Å². The van der Waals surface area contributed by atoms with Crippen LogP contribution in [0.3, 0.4) is 0 Å². The van der Waals surface area contributed by atoms with Gasteiger partial charge in [0.25, 0.3) is 0 Å². The van der Waals surface area contributed by atoms with Crippen LogP contribution >= 0.6 is 11.3 Å². The molecule has 12 aromatic rings. The van der Waals surface area contributed by atoms with Gasteiger partial charge in [0, 0.05) is 75.2 Å². The largest absolute Gasteiger partial charge is 0.457 e. The third-order valence-electron chi connectivity index (χ3n) is 12.9. The molecule has 1 atom stereocenters. The van der Waals surface area contributed by atoms with Gasteiger partial charge in [0.05, 0.1) is 22.1 Å². The molecule has 0 saturated heterocycles. The van der Waals surface area contributed by atoms with E-state index >= 15 is 0 Å². The van der Waals surface area contributed by atoms with Crippen LogP contribution in [0.2, 0.25) is 0 Å². The predicted octanol–water partition coefficient (Wildman–Crippen LogP) is 14.8. The second-order valence-corrected chi connectivity index (χ2v) is 17.6. The average Bonchev–Trinajstić information content (AvgIpc) is 4.16. The minimum atomic E-state index is 0.143. The van der Waals surface area contributed by atoms with Crippen LogP contribution in [0.25, 0.3) is 121 Å². The van der Waals surface area contributed by atoms with Crippen molar-refractivity contribution in [3.63, 3.8) is 0 Å². The summed E-state index contributed by atoms with van der Waals surface area (Å²) in [5.41, 5.74) is 13.5. The number of hydrogen-bond acceptors (Lipinski definition) is 2. The van der Waals surface area contributed by atoms with Gasteiger partial charge in [-0.05, 0) is 83.4 Å². The van der Waals surface area contributed by atoms with Crippen LogP contribution in [0.4, 0.5) is 0 Å². The highest BCUT2D eigenvalue weighted by Crippen LogP contribution is 2.43. The lowest BCUT2D eigenvalue weighted by molar-refractivity contribution is 0.577. The molecule has 63 heavy (non-hydrogen) atoms. The fourth-order valence-electron chi connectivity index (χ4n) is 10.1. The molecule has 0 aliphatic heterocycles. The van der Waals surface area contributed by atoms with E-state index in [1.807, 2.05) is 29.5 Å². The number of hydrogen-bond donors (Lipinski definition) is 0. The van der Waals surface area contributed by atoms with Gasteiger partial charge in [-0.15, -0.1) is 11.3 Å². The highest BCUT2D eigenvalue weighted by molar-refractivity contribution is 7.25. The molecule has 8 aromatic carbocycles. The van der Waals surface area contributed by atoms with E-state index in [0.717, 1.165) is 21.9 Å². The second-order valence-electron chi connectivity index (χ2n) is 16.5. The first-order chi connectivity index (χ1) is 31.2. The lowest BCUT2D eigenvalue weighted by atomic mass is 9.99. The van der Waals surface area contributed by atoms with Crippen LogP contribution in [-0.2, 0) is 0 Å². The summed E-state index contributed by atoms with van der Waals surface area (Å²) in [6.45, 7) is 4.16. The average molecular weight is 823 g/mol. The second kappa shape index (κ2) is 14.1. The van der Waals surface area contributed by atoms with Crippen molar-refractivity contribution in [1.82, 2.24) is 9.13 Å². The number of benzene rings is 8. The molecule has 1 unspecified atom stereocenters. The number of aromatic nitrogens is 2. The molecule has 0 spiro atoms. The molecule has 13 rings (SSSR count). The van der Waals surface area contributed by atoms with Gasteiger partial charge in [0.2, 0.25) is 0 Å². The van der Waals surface area contributed by atoms with E-state index in [0.29, 0.717) is 5.42 Å². The van der Waals surface area contributed by atoms with Crippen molar-refractivity contribution < 1.29 is 4.42 Å². The lowest BCUT2D eigenvalue weighted by Gasteiger charge is -2.13. The van der Waals surface area contributed by atoms with Crippen LogP contribution in [0.15, 0.2) is 211 Å². The molecule has 4 aromatic heterocycles. The Bertz CT molecular complexity index is 4070. The standard InChI is InChI=1S/C59H38N2OS/c1-37-43(48-19-4-8-27-55(48)62-37)21-10-14-38-30-32-42(34-38)61-53-26-7-2-17-46(53)49-24-12-23-45(59(49)61)40-31-33-54-51(36-40)47-18-3-6-25-52(47)60(54)41-16-11-15-39(35-41)44-22-13-29-57-58(44)50-20-5-9-28-56(50)63-57/h2-36,38H,1H2/b14-10-,43-21+. The summed E-state index contributed by atoms with van der Waals surface area (Å²) in [6, 6.07) is 64.1. The van der Waals surface area contributed by atoms with E-state index in [1.54, 1.807) is 0 Å². The molecule has 1 aliphatic carbocycles. The molecule has 0 fully saturated rings. The molecule has 3 nitrogen and oxygen atoms in total. The Kier molecular flexibility index (Phi) is 7.99. The van der Waals surface area contributed by atoms with E-state index in [4.69, 9.17) is 4.42 Å². The molecule has 0 amide bonds. The number of thiophene rings is 1. The van der Waals surface area contributed by atoms with Gasteiger partial charge < -0.3 is 13.6 Å². The molecule has 4 heteroatoms. The van der Waals surface area contributed by atoms with Crippen molar-refractivity contribution in [2.24, 2.45) is 5.92 Å². The monoisotopic (exact) mass is 822 g/mol. The smallest absolute Gasteiger partial charge is 0.135 e. The molecule has 1 aliphatic rings. The number of para-hydroxylation sites is 4. The number of rotatable bonds is 6. The molecule has 0 radical (unpaired) electrons. The summed E-state index contributed by atoms with van der Waals surface area (Å²) in [6.07, 6.45) is 13.4. The van der Waals surface area contributed by atoms with Crippen LogP contribution in [-0.4, -0.2) is 9.13 Å². The molecular formula is C59H38N2OS. The molecule has 0 saturated carbocycles. The predicted molar refractivity (Wildman–Crippen MR) is 269 cm³/mol. The molecule has 0 bridgehead atoms. The maximum Gasteiger partial charge on any atom is 0.135 e. The summed E-state index contributed by atoms with van der Waals surface area (Å²) in [5, 5.41) is 9.70. The van der Waals surface area contributed by atoms with Crippen molar-refractivity contribution in [2.75, 3.05) is 0 Å². The van der Waals surface area contributed by atoms with Crippen LogP contribution < -0.4 is 10.6 Å². The normalized spacial score (nSPS) is 14.6. The number of furan rings is 1. The zero-order valence-electron chi connectivity index (χ0n) is 34.2. The zero-order chi connectivity index (χ0) is 41.6. The summed E-state index contributed by atoms with van der Waals surface area (Å²) in [5.74, 6) is 0.143. The fourth-order valence-corrected chi connectivity index (χ4v) is 11.3. The Morgan fingerprint density at radius 2 is 1.21 bits per heavy atom. The SMILES string of the molecule is C=c1oc2ccccc2/c1=C/C=C\C1C=CC(n2c3ccccc3c3cccc(-c4ccc5c(c4)c4ccccc4n5-c4cccc(-c5cccc6sc7ccccc7c56)c4)c32)=C1. The molecule has 0 N–H and O–H groups in total. The van der Waals surface area contributed by atoms with E-state index in [1.165, 1.54) is 91.7 Å². The van der Waals surface area contributed by atoms with E-state index < -0.39 is 0 Å². The van der Waals surface area contributed by atoms with E-state index in [-0.39, 0.29) is 5.92 Å². The van der Waals surface area contributed by atoms with E-state index in [9.17, 15) is 0 Å². The fraction of sp³-hybridized carbons (Fsp3) is 0.0169. The first kappa shape index (κ1) is 35.8. The maximum absolute atomic E-state index is 5.92. The number of fused-ring (bicyclic) bond motifs is 10. The van der Waals surface area contributed by atoms with Gasteiger partial charge in [0.1, 0.15) is 11.0 Å². The van der Waals surface area contributed by atoms with Crippen molar-refractivity contribution >= 4 is 104 Å². The molecule has 296 valence electrons. The number of allylic oxidation sites excluding steroid dienone is 6. The Balaban J connectivity index is 0.938. The van der Waals surface area contributed by atoms with Gasteiger partial charge >= 0.3 is 0 Å². The number of nitrogens with zero attached hydrogens (tertiary/aromatic N) is 2. The quantitative estimate of drug-likeness (QED) is 0.164. The van der Waals surface area contributed by atoms with E-state index in [2.05, 4.69) is 210 Å². The molecule has 4 heterocycles. The van der Waals surface area contributed by atoms with Crippen molar-refractivity contribution in [2.45, 2.75) is 0 Å². The summed E-state index contributed by atoms with van der Waals surface area (Å²) >= 11 is 1.87. The van der Waals surface area contributed by atoms with Gasteiger partial charge in [-0.25, -0.2) is 0 Å². The molecular weight excluding hydrogens is 785 g/mol. The van der Waals surface area contributed by atoms with Gasteiger partial charge in [-0.2, -0.15) is 0 Å². The first-order valence-corrected chi connectivity index (χ1v) is 22.3. The van der Waals surface area contributed by atoms with Gasteiger partial charge in [-0.3, -0.25) is 0 Å². The zero-order valence-corrected chi connectivity index (χ0v) is 35.0. The van der Waals surface area contributed by atoms with Crippen molar-refractivity contribution in [3.05, 3.63) is 217 Å². The Morgan fingerprint density at radius 1 is 0.540 bits per heavy atom. The van der Waals surface area contributed by atoms with Crippen LogP contribution in [0.1, 0.15) is 0 Å².